The van der Waals surface area contributed by atoms with Crippen molar-refractivity contribution in [1.82, 2.24) is 24.9 Å². The zero-order valence-corrected chi connectivity index (χ0v) is 22.1. The van der Waals surface area contributed by atoms with Gasteiger partial charge in [0.05, 0.1) is 23.9 Å². The fraction of sp³-hybridized carbons (Fsp3) is 0.370. The molecule has 8 nitrogen and oxygen atoms in total. The van der Waals surface area contributed by atoms with Crippen LogP contribution in [-0.4, -0.2) is 83.3 Å². The normalized spacial score (nSPS) is 20.4. The number of halogens is 2. The molecule has 10 heteroatoms. The molecule has 2 aromatic rings. The van der Waals surface area contributed by atoms with Crippen molar-refractivity contribution in [3.8, 4) is 0 Å². The van der Waals surface area contributed by atoms with E-state index in [1.54, 1.807) is 23.1 Å². The van der Waals surface area contributed by atoms with Gasteiger partial charge in [-0.25, -0.2) is 4.79 Å². The highest BCUT2D eigenvalue weighted by Crippen LogP contribution is 2.39. The fourth-order valence-electron chi connectivity index (χ4n) is 5.24. The summed E-state index contributed by atoms with van der Waals surface area (Å²) in [6.07, 6.45) is 0. The van der Waals surface area contributed by atoms with Crippen LogP contribution in [0.5, 0.6) is 0 Å². The van der Waals surface area contributed by atoms with Crippen molar-refractivity contribution in [2.45, 2.75) is 19.5 Å². The molecule has 1 N–H and O–H groups in total. The highest BCUT2D eigenvalue weighted by molar-refractivity contribution is 6.35. The van der Waals surface area contributed by atoms with Crippen molar-refractivity contribution < 1.29 is 14.4 Å². The Morgan fingerprint density at radius 3 is 2.43 bits per heavy atom. The maximum absolute atomic E-state index is 13.6. The second-order valence-electron chi connectivity index (χ2n) is 9.46. The number of likely N-dealkylation sites (N-methyl/N-ethyl adjacent to an activating group) is 1. The SMILES string of the molecule is CCN1C(=O)N[C@H](c2ccc(Cl)cc2Cl)C2=C1CN(CC(=O)N1CCN(Cc3ccccc3)CC1)C2=O. The average Bonchev–Trinajstić information content (AvgIpc) is 3.20. The Morgan fingerprint density at radius 1 is 1.03 bits per heavy atom. The number of urea groups is 1. The number of rotatable bonds is 6. The van der Waals surface area contributed by atoms with E-state index in [4.69, 9.17) is 23.2 Å². The van der Waals surface area contributed by atoms with E-state index in [-0.39, 0.29) is 30.9 Å². The number of hydrogen-bond donors (Lipinski definition) is 1. The van der Waals surface area contributed by atoms with Gasteiger partial charge in [-0.15, -0.1) is 0 Å². The lowest BCUT2D eigenvalue weighted by Crippen LogP contribution is -2.51. The lowest BCUT2D eigenvalue weighted by atomic mass is 9.95. The van der Waals surface area contributed by atoms with Crippen molar-refractivity contribution in [3.05, 3.63) is 81.0 Å². The van der Waals surface area contributed by atoms with Gasteiger partial charge in [-0.05, 0) is 30.2 Å². The Morgan fingerprint density at radius 2 is 1.76 bits per heavy atom. The minimum Gasteiger partial charge on any atom is -0.339 e. The summed E-state index contributed by atoms with van der Waals surface area (Å²) >= 11 is 12.5. The predicted octanol–water partition coefficient (Wildman–Crippen LogP) is 3.52. The predicted molar refractivity (Wildman–Crippen MR) is 142 cm³/mol. The molecule has 1 atom stereocenters. The van der Waals surface area contributed by atoms with Crippen LogP contribution < -0.4 is 5.32 Å². The number of nitrogens with zero attached hydrogens (tertiary/aromatic N) is 4. The Balaban J connectivity index is 1.27. The average molecular weight is 542 g/mol. The monoisotopic (exact) mass is 541 g/mol. The van der Waals surface area contributed by atoms with E-state index < -0.39 is 6.04 Å². The molecule has 37 heavy (non-hydrogen) atoms. The van der Waals surface area contributed by atoms with Gasteiger partial charge in [0.1, 0.15) is 6.54 Å². The molecule has 0 aromatic heterocycles. The lowest BCUT2D eigenvalue weighted by Gasteiger charge is -2.35. The minimum absolute atomic E-state index is 0.0304. The Bertz CT molecular complexity index is 1240. The van der Waals surface area contributed by atoms with Crippen LogP contribution in [-0.2, 0) is 16.1 Å². The van der Waals surface area contributed by atoms with Gasteiger partial charge in [-0.1, -0.05) is 59.6 Å². The summed E-state index contributed by atoms with van der Waals surface area (Å²) in [4.78, 5) is 46.9. The second kappa shape index (κ2) is 10.7. The molecule has 3 aliphatic heterocycles. The first kappa shape index (κ1) is 25.6. The van der Waals surface area contributed by atoms with Gasteiger partial charge in [-0.3, -0.25) is 19.4 Å². The van der Waals surface area contributed by atoms with Crippen molar-refractivity contribution in [2.24, 2.45) is 0 Å². The quantitative estimate of drug-likeness (QED) is 0.607. The van der Waals surface area contributed by atoms with Crippen LogP contribution >= 0.6 is 23.2 Å². The largest absolute Gasteiger partial charge is 0.339 e. The van der Waals surface area contributed by atoms with Crippen molar-refractivity contribution in [3.63, 3.8) is 0 Å². The number of hydrogen-bond acceptors (Lipinski definition) is 4. The molecule has 4 amide bonds. The van der Waals surface area contributed by atoms with E-state index >= 15 is 0 Å². The zero-order chi connectivity index (χ0) is 26.1. The zero-order valence-electron chi connectivity index (χ0n) is 20.6. The molecule has 0 spiro atoms. The number of nitrogens with one attached hydrogen (secondary N) is 1. The van der Waals surface area contributed by atoms with Crippen LogP contribution in [0.25, 0.3) is 0 Å². The van der Waals surface area contributed by atoms with Crippen LogP contribution in [0.1, 0.15) is 24.1 Å². The third kappa shape index (κ3) is 5.19. The van der Waals surface area contributed by atoms with E-state index in [9.17, 15) is 14.4 Å². The van der Waals surface area contributed by atoms with Gasteiger partial charge in [-0.2, -0.15) is 0 Å². The summed E-state index contributed by atoms with van der Waals surface area (Å²) in [6, 6.07) is 14.3. The van der Waals surface area contributed by atoms with Gasteiger partial charge >= 0.3 is 6.03 Å². The molecule has 1 fully saturated rings. The smallest absolute Gasteiger partial charge is 0.322 e. The molecule has 3 heterocycles. The molecule has 0 saturated carbocycles. The summed E-state index contributed by atoms with van der Waals surface area (Å²) in [5.41, 5.74) is 2.92. The number of amides is 4. The van der Waals surface area contributed by atoms with E-state index in [1.165, 1.54) is 10.5 Å². The first-order valence-corrected chi connectivity index (χ1v) is 13.2. The molecular weight excluding hydrogens is 513 g/mol. The molecule has 5 rings (SSSR count). The third-order valence-corrected chi connectivity index (χ3v) is 7.75. The van der Waals surface area contributed by atoms with Crippen molar-refractivity contribution >= 4 is 41.0 Å². The highest BCUT2D eigenvalue weighted by Gasteiger charge is 2.44. The first-order valence-electron chi connectivity index (χ1n) is 12.4. The van der Waals surface area contributed by atoms with Crippen LogP contribution in [0.2, 0.25) is 10.0 Å². The highest BCUT2D eigenvalue weighted by atomic mass is 35.5. The molecule has 1 saturated heterocycles. The summed E-state index contributed by atoms with van der Waals surface area (Å²) in [7, 11) is 0. The summed E-state index contributed by atoms with van der Waals surface area (Å²) < 4.78 is 0. The molecule has 0 aliphatic carbocycles. The first-order chi connectivity index (χ1) is 17.9. The standard InChI is InChI=1S/C27H29Cl2N5O3/c1-2-34-22-16-33(17-23(35)32-12-10-31(11-13-32)15-18-6-4-3-5-7-18)26(36)24(22)25(30-27(34)37)20-9-8-19(28)14-21(20)29/h3-9,14,25H,2,10-13,15-17H2,1H3,(H,30,37)/t25-/m1/s1. The molecular formula is C27H29Cl2N5O3. The third-order valence-electron chi connectivity index (χ3n) is 7.19. The van der Waals surface area contributed by atoms with E-state index in [0.717, 1.165) is 19.6 Å². The second-order valence-corrected chi connectivity index (χ2v) is 10.3. The number of carbonyl (C=O) groups is 3. The van der Waals surface area contributed by atoms with Crippen LogP contribution in [0.3, 0.4) is 0 Å². The topological polar surface area (TPSA) is 76.2 Å². The molecule has 0 radical (unpaired) electrons. The number of carbonyl (C=O) groups excluding carboxylic acids is 3. The van der Waals surface area contributed by atoms with Crippen molar-refractivity contribution in [2.75, 3.05) is 45.8 Å². The molecule has 3 aliphatic rings. The molecule has 0 bridgehead atoms. The van der Waals surface area contributed by atoms with Gasteiger partial charge in [0, 0.05) is 49.3 Å². The van der Waals surface area contributed by atoms with Crippen molar-refractivity contribution in [1.29, 1.82) is 0 Å². The van der Waals surface area contributed by atoms with E-state index in [2.05, 4.69) is 22.3 Å². The summed E-state index contributed by atoms with van der Waals surface area (Å²) in [5.74, 6) is -0.350. The van der Waals surface area contributed by atoms with E-state index in [0.29, 0.717) is 46.5 Å². The lowest BCUT2D eigenvalue weighted by molar-refractivity contribution is -0.139. The minimum atomic E-state index is -0.704. The fourth-order valence-corrected chi connectivity index (χ4v) is 5.76. The van der Waals surface area contributed by atoms with Crippen LogP contribution in [0, 0.1) is 0 Å². The summed E-state index contributed by atoms with van der Waals surface area (Å²) in [6.45, 7) is 6.08. The Hall–Kier alpha value is -3.07. The van der Waals surface area contributed by atoms with Gasteiger partial charge in [0.2, 0.25) is 5.91 Å². The summed E-state index contributed by atoms with van der Waals surface area (Å²) in [5, 5.41) is 3.74. The van der Waals surface area contributed by atoms with Crippen LogP contribution in [0.4, 0.5) is 4.79 Å². The van der Waals surface area contributed by atoms with Gasteiger partial charge < -0.3 is 15.1 Å². The number of benzene rings is 2. The maximum atomic E-state index is 13.6. The van der Waals surface area contributed by atoms with Gasteiger partial charge in [0.25, 0.3) is 5.91 Å². The van der Waals surface area contributed by atoms with E-state index in [1.807, 2.05) is 30.0 Å². The molecule has 0 unspecified atom stereocenters. The Labute approximate surface area is 226 Å². The molecule has 194 valence electrons. The number of piperazine rings is 1. The molecule has 2 aromatic carbocycles. The van der Waals surface area contributed by atoms with Gasteiger partial charge in [0.15, 0.2) is 0 Å². The maximum Gasteiger partial charge on any atom is 0.322 e. The Kier molecular flexibility index (Phi) is 7.42. The van der Waals surface area contributed by atoms with Crippen LogP contribution in [0.15, 0.2) is 59.8 Å².